The van der Waals surface area contributed by atoms with Crippen LogP contribution in [0.25, 0.3) is 0 Å². The maximum Gasteiger partial charge on any atom is 0.270 e. The molecule has 3 rings (SSSR count). The predicted molar refractivity (Wildman–Crippen MR) is 84.9 cm³/mol. The Morgan fingerprint density at radius 3 is 2.95 bits per heavy atom. The zero-order valence-corrected chi connectivity index (χ0v) is 12.7. The Balaban J connectivity index is 1.91. The van der Waals surface area contributed by atoms with Gasteiger partial charge in [-0.15, -0.1) is 11.3 Å². The van der Waals surface area contributed by atoms with Crippen LogP contribution in [0.3, 0.4) is 0 Å². The summed E-state index contributed by atoms with van der Waals surface area (Å²) in [6.07, 6.45) is 0. The third-order valence-electron chi connectivity index (χ3n) is 3.19. The van der Waals surface area contributed by atoms with E-state index < -0.39 is 0 Å². The van der Waals surface area contributed by atoms with Gasteiger partial charge >= 0.3 is 0 Å². The molecule has 0 radical (unpaired) electrons. The molecule has 0 unspecified atom stereocenters. The highest BCUT2D eigenvalue weighted by molar-refractivity contribution is 7.12. The first-order valence-electron chi connectivity index (χ1n) is 6.75. The van der Waals surface area contributed by atoms with E-state index in [2.05, 4.69) is 9.98 Å². The quantitative estimate of drug-likeness (QED) is 0.699. The van der Waals surface area contributed by atoms with Gasteiger partial charge in [-0.3, -0.25) is 14.7 Å². The smallest absolute Gasteiger partial charge is 0.270 e. The Morgan fingerprint density at radius 2 is 2.24 bits per heavy atom. The normalized spacial score (nSPS) is 14.9. The first-order valence-corrected chi connectivity index (χ1v) is 7.63. The van der Waals surface area contributed by atoms with Gasteiger partial charge in [0.15, 0.2) is 0 Å². The Kier molecular flexibility index (Phi) is 3.47. The molecule has 3 heterocycles. The lowest BCUT2D eigenvalue weighted by atomic mass is 10.3. The first-order chi connectivity index (χ1) is 10.1. The summed E-state index contributed by atoms with van der Waals surface area (Å²) in [5.41, 5.74) is 7.61. The van der Waals surface area contributed by atoms with E-state index in [4.69, 9.17) is 5.73 Å². The summed E-state index contributed by atoms with van der Waals surface area (Å²) in [4.78, 5) is 23.6. The summed E-state index contributed by atoms with van der Waals surface area (Å²) in [7, 11) is 0. The Bertz CT molecular complexity index is 720. The van der Waals surface area contributed by atoms with Gasteiger partial charge in [-0.2, -0.15) is 0 Å². The van der Waals surface area contributed by atoms with Crippen LogP contribution < -0.4 is 10.6 Å². The second-order valence-electron chi connectivity index (χ2n) is 5.16. The molecule has 6 heteroatoms. The summed E-state index contributed by atoms with van der Waals surface area (Å²) >= 11 is 1.47. The van der Waals surface area contributed by atoms with E-state index in [1.165, 1.54) is 11.3 Å². The van der Waals surface area contributed by atoms with Crippen LogP contribution in [0.1, 0.15) is 34.8 Å². The van der Waals surface area contributed by atoms with E-state index in [1.807, 2.05) is 37.4 Å². The number of hydrogen-bond acceptors (Lipinski definition) is 4. The van der Waals surface area contributed by atoms with Crippen molar-refractivity contribution in [3.8, 4) is 0 Å². The van der Waals surface area contributed by atoms with Crippen molar-refractivity contribution in [3.05, 3.63) is 45.8 Å². The molecular weight excluding hydrogens is 284 g/mol. The molecule has 0 spiro atoms. The van der Waals surface area contributed by atoms with Gasteiger partial charge in [0.1, 0.15) is 17.3 Å². The van der Waals surface area contributed by atoms with Crippen LogP contribution in [0.4, 0.5) is 5.82 Å². The highest BCUT2D eigenvalue weighted by Gasteiger charge is 2.30. The molecule has 5 nitrogen and oxygen atoms in total. The number of aromatic nitrogens is 1. The number of carbonyl (C=O) groups is 1. The fourth-order valence-electron chi connectivity index (χ4n) is 2.26. The molecule has 0 saturated heterocycles. The van der Waals surface area contributed by atoms with Gasteiger partial charge in [-0.05, 0) is 43.0 Å². The summed E-state index contributed by atoms with van der Waals surface area (Å²) in [6, 6.07) is 7.56. The molecule has 1 amide bonds. The third-order valence-corrected chi connectivity index (χ3v) is 4.13. The zero-order valence-electron chi connectivity index (χ0n) is 11.9. The molecule has 2 N–H and O–H groups in total. The highest BCUT2D eigenvalue weighted by Crippen LogP contribution is 2.30. The van der Waals surface area contributed by atoms with Crippen LogP contribution in [0, 0.1) is 0 Å². The standard InChI is InChI=1S/C15H16N4OS/c1-9(2)17-14(16)11-4-3-5-12(18-11)19-8-10-6-7-21-13(10)15(19)20/h3-7,9H,8H2,1-2H3,(H2,16,17). The van der Waals surface area contributed by atoms with Gasteiger partial charge in [0.25, 0.3) is 5.91 Å². The minimum Gasteiger partial charge on any atom is -0.382 e. The van der Waals surface area contributed by atoms with Crippen LogP contribution in [-0.2, 0) is 6.54 Å². The van der Waals surface area contributed by atoms with E-state index in [9.17, 15) is 4.79 Å². The van der Waals surface area contributed by atoms with Crippen molar-refractivity contribution in [1.82, 2.24) is 4.98 Å². The lowest BCUT2D eigenvalue weighted by Crippen LogP contribution is -2.25. The zero-order chi connectivity index (χ0) is 15.0. The van der Waals surface area contributed by atoms with Gasteiger partial charge < -0.3 is 5.73 Å². The van der Waals surface area contributed by atoms with Crippen molar-refractivity contribution in [1.29, 1.82) is 0 Å². The van der Waals surface area contributed by atoms with Crippen molar-refractivity contribution >= 4 is 28.9 Å². The number of carbonyl (C=O) groups excluding carboxylic acids is 1. The molecule has 1 aliphatic heterocycles. The number of rotatable bonds is 3. The van der Waals surface area contributed by atoms with Gasteiger partial charge in [0.2, 0.25) is 0 Å². The van der Waals surface area contributed by atoms with Crippen molar-refractivity contribution in [2.75, 3.05) is 4.90 Å². The molecule has 0 fully saturated rings. The topological polar surface area (TPSA) is 71.6 Å². The van der Waals surface area contributed by atoms with E-state index in [0.717, 1.165) is 10.4 Å². The number of anilines is 1. The number of nitrogens with zero attached hydrogens (tertiary/aromatic N) is 3. The summed E-state index contributed by atoms with van der Waals surface area (Å²) in [6.45, 7) is 4.48. The molecule has 0 saturated carbocycles. The second-order valence-corrected chi connectivity index (χ2v) is 6.07. The van der Waals surface area contributed by atoms with Crippen LogP contribution in [-0.4, -0.2) is 22.8 Å². The fourth-order valence-corrected chi connectivity index (χ4v) is 3.12. The highest BCUT2D eigenvalue weighted by atomic mass is 32.1. The van der Waals surface area contributed by atoms with E-state index in [-0.39, 0.29) is 11.9 Å². The van der Waals surface area contributed by atoms with E-state index >= 15 is 0 Å². The van der Waals surface area contributed by atoms with Crippen LogP contribution in [0.2, 0.25) is 0 Å². The molecule has 0 aliphatic carbocycles. The third kappa shape index (κ3) is 2.54. The average Bonchev–Trinajstić information content (AvgIpc) is 3.02. The van der Waals surface area contributed by atoms with Crippen molar-refractivity contribution in [2.45, 2.75) is 26.4 Å². The van der Waals surface area contributed by atoms with Crippen molar-refractivity contribution in [2.24, 2.45) is 10.7 Å². The second kappa shape index (κ2) is 5.29. The van der Waals surface area contributed by atoms with Gasteiger partial charge in [0.05, 0.1) is 11.4 Å². The van der Waals surface area contributed by atoms with E-state index in [1.54, 1.807) is 11.0 Å². The molecule has 1 aliphatic rings. The van der Waals surface area contributed by atoms with Gasteiger partial charge in [-0.25, -0.2) is 4.98 Å². The molecule has 0 atom stereocenters. The molecular formula is C15H16N4OS. The van der Waals surface area contributed by atoms with Crippen LogP contribution >= 0.6 is 11.3 Å². The number of thiophene rings is 1. The van der Waals surface area contributed by atoms with E-state index in [0.29, 0.717) is 23.9 Å². The maximum absolute atomic E-state index is 12.4. The molecule has 0 bridgehead atoms. The SMILES string of the molecule is CC(C)N=C(N)c1cccc(N2Cc3ccsc3C2=O)n1. The number of hydrogen-bond donors (Lipinski definition) is 1. The first kappa shape index (κ1) is 13.8. The molecule has 108 valence electrons. The number of aliphatic imine (C=N–C) groups is 1. The van der Waals surface area contributed by atoms with Crippen molar-refractivity contribution in [3.63, 3.8) is 0 Å². The van der Waals surface area contributed by atoms with Crippen molar-refractivity contribution < 1.29 is 4.79 Å². The predicted octanol–water partition coefficient (Wildman–Crippen LogP) is 2.42. The lowest BCUT2D eigenvalue weighted by Gasteiger charge is -2.15. The maximum atomic E-state index is 12.4. The van der Waals surface area contributed by atoms with Gasteiger partial charge in [-0.1, -0.05) is 6.07 Å². The summed E-state index contributed by atoms with van der Waals surface area (Å²) < 4.78 is 0. The summed E-state index contributed by atoms with van der Waals surface area (Å²) in [5, 5.41) is 1.94. The largest absolute Gasteiger partial charge is 0.382 e. The number of fused-ring (bicyclic) bond motifs is 1. The lowest BCUT2D eigenvalue weighted by molar-refractivity contribution is 0.0999. The fraction of sp³-hybridized carbons (Fsp3) is 0.267. The monoisotopic (exact) mass is 300 g/mol. The molecule has 2 aromatic rings. The minimum absolute atomic E-state index is 0.00372. The van der Waals surface area contributed by atoms with Crippen LogP contribution in [0.15, 0.2) is 34.6 Å². The summed E-state index contributed by atoms with van der Waals surface area (Å²) in [5.74, 6) is 1.01. The number of amides is 1. The molecule has 0 aromatic carbocycles. The number of amidine groups is 1. The molecule has 21 heavy (non-hydrogen) atoms. The Morgan fingerprint density at radius 1 is 1.43 bits per heavy atom. The van der Waals surface area contributed by atoms with Gasteiger partial charge in [0, 0.05) is 6.04 Å². The molecule has 2 aromatic heterocycles. The number of pyridine rings is 1. The minimum atomic E-state index is 0.00372. The Hall–Kier alpha value is -2.21. The number of nitrogens with two attached hydrogens (primary N) is 1. The Labute approximate surface area is 127 Å². The average molecular weight is 300 g/mol. The van der Waals surface area contributed by atoms with Crippen LogP contribution in [0.5, 0.6) is 0 Å².